The summed E-state index contributed by atoms with van der Waals surface area (Å²) >= 11 is 0. The second kappa shape index (κ2) is 17.4. The van der Waals surface area contributed by atoms with Crippen LogP contribution < -0.4 is 5.32 Å². The zero-order chi connectivity index (χ0) is 39.1. The monoisotopic (exact) mass is 725 g/mol. The molecule has 2 aromatic rings. The molecule has 2 aliphatic rings. The van der Waals surface area contributed by atoms with Crippen LogP contribution in [0, 0.1) is 35.0 Å². The Labute approximate surface area is 313 Å². The molecular weight excluding hydrogens is 670 g/mol. The van der Waals surface area contributed by atoms with Gasteiger partial charge in [-0.05, 0) is 80.7 Å². The van der Waals surface area contributed by atoms with E-state index in [0.717, 1.165) is 17.2 Å². The number of aromatic carboxylic acids is 1. The third kappa shape index (κ3) is 10.3. The second-order valence-corrected chi connectivity index (χ2v) is 15.6. The molecule has 9 unspecified atom stereocenters. The summed E-state index contributed by atoms with van der Waals surface area (Å²) in [5, 5.41) is 65.7. The first-order valence-corrected chi connectivity index (χ1v) is 18.2. The molecule has 0 heterocycles. The molecule has 2 aliphatic carbocycles. The standard InChI is InChI=1S/C44H55NO8/c1-27(18-24-38(49)50)17-23-37(48)29(3)36(47)16-10-8-7-9-13-32-28(2)25-34-40(43(4,5)26-44(34,6)53)39(32)41(30-19-21-31(46)22-20-30)45-35-15-12-11-14-33(35)42(51)52/h7-22,24-25,29,32,34,36-37,39-41,45-48,53H,23,26H2,1-6H3,(H,49,50)(H,51,52)/b8-7+,13-9-,16-10-,24-18+,27-17+. The lowest BCUT2D eigenvalue weighted by molar-refractivity contribution is -0.131. The highest BCUT2D eigenvalue weighted by Crippen LogP contribution is 2.62. The summed E-state index contributed by atoms with van der Waals surface area (Å²) in [6.07, 6.45) is 16.7. The van der Waals surface area contributed by atoms with Gasteiger partial charge in [0.2, 0.25) is 0 Å². The third-order valence-electron chi connectivity index (χ3n) is 11.0. The molecule has 9 heteroatoms. The van der Waals surface area contributed by atoms with E-state index < -0.39 is 41.7 Å². The lowest BCUT2D eigenvalue weighted by Gasteiger charge is -2.48. The van der Waals surface area contributed by atoms with Crippen molar-refractivity contribution in [3.05, 3.63) is 132 Å². The van der Waals surface area contributed by atoms with Crippen molar-refractivity contribution in [1.82, 2.24) is 0 Å². The van der Waals surface area contributed by atoms with Crippen molar-refractivity contribution >= 4 is 17.6 Å². The number of nitrogens with one attached hydrogen (secondary N) is 1. The predicted molar refractivity (Wildman–Crippen MR) is 208 cm³/mol. The number of hydrogen-bond acceptors (Lipinski definition) is 7. The fourth-order valence-corrected chi connectivity index (χ4v) is 8.42. The van der Waals surface area contributed by atoms with Gasteiger partial charge in [0.1, 0.15) is 5.75 Å². The number of carboxylic acid groups (broad SMARTS) is 2. The summed E-state index contributed by atoms with van der Waals surface area (Å²) in [7, 11) is 0. The highest BCUT2D eigenvalue weighted by Gasteiger charge is 2.59. The van der Waals surface area contributed by atoms with Crippen LogP contribution >= 0.6 is 0 Å². The SMILES string of the molecule is CC1=CC2C(C(C(Nc3ccccc3C(=O)O)c3ccc(O)cc3)C1\C=C/C=C/C=C\C(O)C(C)C(O)C/C=C(C)/C=C/C(=O)O)C(C)(C)CC2(C)O. The summed E-state index contributed by atoms with van der Waals surface area (Å²) in [6, 6.07) is 13.4. The van der Waals surface area contributed by atoms with E-state index in [9.17, 15) is 35.1 Å². The maximum Gasteiger partial charge on any atom is 0.337 e. The molecule has 0 spiro atoms. The van der Waals surface area contributed by atoms with E-state index in [-0.39, 0.29) is 46.8 Å². The number of hydrogen-bond donors (Lipinski definition) is 7. The van der Waals surface area contributed by atoms with Crippen molar-refractivity contribution in [3.8, 4) is 5.75 Å². The Hall–Kier alpha value is -4.70. The van der Waals surface area contributed by atoms with Crippen molar-refractivity contribution < 1.29 is 40.2 Å². The van der Waals surface area contributed by atoms with Crippen molar-refractivity contribution in [1.29, 1.82) is 0 Å². The Morgan fingerprint density at radius 1 is 0.962 bits per heavy atom. The summed E-state index contributed by atoms with van der Waals surface area (Å²) in [5.74, 6) is -2.81. The van der Waals surface area contributed by atoms with Crippen LogP contribution in [0.15, 0.2) is 120 Å². The maximum atomic E-state index is 12.3. The molecule has 0 amide bonds. The first-order chi connectivity index (χ1) is 24.9. The van der Waals surface area contributed by atoms with Crippen LogP contribution in [0.1, 0.15) is 76.3 Å². The Kier molecular flexibility index (Phi) is 13.5. The number of phenolic OH excluding ortho intramolecular Hbond substituents is 1. The molecule has 4 rings (SSSR count). The first-order valence-electron chi connectivity index (χ1n) is 18.2. The first kappa shape index (κ1) is 41.1. The summed E-state index contributed by atoms with van der Waals surface area (Å²) in [5.41, 5.74) is 2.10. The normalized spacial score (nSPS) is 26.8. The van der Waals surface area contributed by atoms with Gasteiger partial charge in [-0.3, -0.25) is 0 Å². The number of carbonyl (C=O) groups is 2. The van der Waals surface area contributed by atoms with E-state index in [2.05, 4.69) is 38.2 Å². The Balaban J connectivity index is 1.64. The zero-order valence-corrected chi connectivity index (χ0v) is 31.4. The van der Waals surface area contributed by atoms with Gasteiger partial charge >= 0.3 is 11.9 Å². The lowest BCUT2D eigenvalue weighted by atomic mass is 9.58. The molecule has 0 aliphatic heterocycles. The van der Waals surface area contributed by atoms with Crippen LogP contribution in [-0.2, 0) is 4.79 Å². The van der Waals surface area contributed by atoms with Gasteiger partial charge in [0.15, 0.2) is 0 Å². The number of aliphatic carboxylic acids is 1. The van der Waals surface area contributed by atoms with E-state index in [4.69, 9.17) is 5.11 Å². The van der Waals surface area contributed by atoms with Crippen LogP contribution in [0.2, 0.25) is 0 Å². The van der Waals surface area contributed by atoms with Gasteiger partial charge in [0, 0.05) is 29.5 Å². The number of allylic oxidation sites excluding steroid dienone is 8. The molecule has 0 saturated heterocycles. The van der Waals surface area contributed by atoms with E-state index in [0.29, 0.717) is 17.7 Å². The van der Waals surface area contributed by atoms with Gasteiger partial charge in [-0.25, -0.2) is 9.59 Å². The Bertz CT molecular complexity index is 1780. The van der Waals surface area contributed by atoms with Crippen molar-refractivity contribution in [3.63, 3.8) is 0 Å². The number of fused-ring (bicyclic) bond motifs is 1. The number of aromatic hydroxyl groups is 1. The van der Waals surface area contributed by atoms with Crippen LogP contribution in [0.3, 0.4) is 0 Å². The third-order valence-corrected chi connectivity index (χ3v) is 11.0. The van der Waals surface area contributed by atoms with Gasteiger partial charge < -0.3 is 36.0 Å². The minimum atomic E-state index is -1.05. The van der Waals surface area contributed by atoms with E-state index in [1.807, 2.05) is 37.3 Å². The molecule has 9 atom stereocenters. The average molecular weight is 726 g/mol. The van der Waals surface area contributed by atoms with Crippen molar-refractivity contribution in [2.75, 3.05) is 5.32 Å². The zero-order valence-electron chi connectivity index (χ0n) is 31.4. The molecule has 1 saturated carbocycles. The number of anilines is 1. The lowest BCUT2D eigenvalue weighted by Crippen LogP contribution is -2.44. The van der Waals surface area contributed by atoms with Crippen molar-refractivity contribution in [2.45, 2.75) is 78.2 Å². The Morgan fingerprint density at radius 2 is 1.62 bits per heavy atom. The summed E-state index contributed by atoms with van der Waals surface area (Å²) in [6.45, 7) is 11.9. The molecule has 9 nitrogen and oxygen atoms in total. The quantitative estimate of drug-likeness (QED) is 0.0550. The fraction of sp³-hybridized carbons (Fsp3) is 0.409. The van der Waals surface area contributed by atoms with Gasteiger partial charge in [-0.2, -0.15) is 0 Å². The van der Waals surface area contributed by atoms with E-state index >= 15 is 0 Å². The molecule has 0 aromatic heterocycles. The summed E-state index contributed by atoms with van der Waals surface area (Å²) in [4.78, 5) is 23.0. The minimum absolute atomic E-state index is 0.00194. The smallest absolute Gasteiger partial charge is 0.337 e. The highest BCUT2D eigenvalue weighted by atomic mass is 16.4. The summed E-state index contributed by atoms with van der Waals surface area (Å²) < 4.78 is 0. The van der Waals surface area contributed by atoms with Gasteiger partial charge in [-0.15, -0.1) is 0 Å². The maximum absolute atomic E-state index is 12.3. The van der Waals surface area contributed by atoms with Gasteiger partial charge in [0.25, 0.3) is 0 Å². The van der Waals surface area contributed by atoms with E-state index in [1.165, 1.54) is 6.08 Å². The van der Waals surface area contributed by atoms with Gasteiger partial charge in [0.05, 0.1) is 29.4 Å². The molecule has 0 bridgehead atoms. The van der Waals surface area contributed by atoms with Crippen LogP contribution in [0.5, 0.6) is 5.75 Å². The minimum Gasteiger partial charge on any atom is -0.508 e. The second-order valence-electron chi connectivity index (χ2n) is 15.6. The predicted octanol–water partition coefficient (Wildman–Crippen LogP) is 7.85. The van der Waals surface area contributed by atoms with Crippen LogP contribution in [0.4, 0.5) is 5.69 Å². The number of carboxylic acids is 2. The van der Waals surface area contributed by atoms with Crippen LogP contribution in [0.25, 0.3) is 0 Å². The molecule has 2 aromatic carbocycles. The van der Waals surface area contributed by atoms with E-state index in [1.54, 1.807) is 68.5 Å². The number of benzene rings is 2. The fourth-order valence-electron chi connectivity index (χ4n) is 8.42. The molecule has 1 fully saturated rings. The number of aliphatic hydroxyl groups excluding tert-OH is 2. The van der Waals surface area contributed by atoms with Crippen LogP contribution in [-0.4, -0.2) is 60.4 Å². The Morgan fingerprint density at radius 3 is 2.28 bits per heavy atom. The average Bonchev–Trinajstić information content (AvgIpc) is 3.28. The molecule has 0 radical (unpaired) electrons. The van der Waals surface area contributed by atoms with Crippen molar-refractivity contribution in [2.24, 2.45) is 35.0 Å². The molecule has 7 N–H and O–H groups in total. The molecule has 53 heavy (non-hydrogen) atoms. The van der Waals surface area contributed by atoms with Gasteiger partial charge in [-0.1, -0.05) is 111 Å². The molecule has 284 valence electrons. The topological polar surface area (TPSA) is 168 Å². The molecular formula is C44H55NO8. The number of phenols is 1. The number of aliphatic hydroxyl groups is 3. The highest BCUT2D eigenvalue weighted by molar-refractivity contribution is 5.94. The largest absolute Gasteiger partial charge is 0.508 e. The number of rotatable bonds is 15. The number of para-hydroxylation sites is 1.